The largest absolute Gasteiger partial charge is 0.457 e. The molecule has 7 nitrogen and oxygen atoms in total. The highest BCUT2D eigenvalue weighted by atomic mass is 32.2. The third-order valence-electron chi connectivity index (χ3n) is 4.04. The summed E-state index contributed by atoms with van der Waals surface area (Å²) in [6.07, 6.45) is 0. The van der Waals surface area contributed by atoms with Crippen LogP contribution >= 0.6 is 0 Å². The summed E-state index contributed by atoms with van der Waals surface area (Å²) in [5, 5.41) is 2.70. The van der Waals surface area contributed by atoms with Crippen LogP contribution in [0.1, 0.15) is 12.5 Å². The lowest BCUT2D eigenvalue weighted by Crippen LogP contribution is -2.44. The van der Waals surface area contributed by atoms with Gasteiger partial charge in [-0.05, 0) is 29.8 Å². The van der Waals surface area contributed by atoms with E-state index in [1.165, 1.54) is 13.0 Å². The van der Waals surface area contributed by atoms with E-state index in [2.05, 4.69) is 10.0 Å². The summed E-state index contributed by atoms with van der Waals surface area (Å²) in [6, 6.07) is 11.8. The van der Waals surface area contributed by atoms with Gasteiger partial charge in [-0.15, -0.1) is 0 Å². The number of fused-ring (bicyclic) bond motifs is 1. The number of ether oxygens (including phenoxy) is 1. The Kier molecular flexibility index (Phi) is 5.62. The summed E-state index contributed by atoms with van der Waals surface area (Å²) in [4.78, 5) is 12.7. The Labute approximate surface area is 157 Å². The lowest BCUT2D eigenvalue weighted by atomic mass is 10.2. The number of carbonyl (C=O) groups excluding carboxylic acids is 1. The van der Waals surface area contributed by atoms with Crippen LogP contribution in [0.3, 0.4) is 0 Å². The van der Waals surface area contributed by atoms with E-state index in [9.17, 15) is 17.6 Å². The molecule has 3 rings (SSSR count). The Hall–Kier alpha value is -2.65. The molecule has 0 saturated carbocycles. The molecule has 0 radical (unpaired) electrons. The molecule has 1 aliphatic heterocycles. The first-order valence-electron chi connectivity index (χ1n) is 8.35. The zero-order valence-electron chi connectivity index (χ0n) is 14.7. The maximum absolute atomic E-state index is 12.7. The van der Waals surface area contributed by atoms with Gasteiger partial charge in [-0.25, -0.2) is 12.8 Å². The molecular formula is C18H20FN3O4S. The molecule has 2 N–H and O–H groups in total. The number of alkyl halides is 1. The molecule has 9 heteroatoms. The molecule has 2 aromatic carbocycles. The normalized spacial score (nSPS) is 15.1. The van der Waals surface area contributed by atoms with Crippen molar-refractivity contribution in [1.29, 1.82) is 0 Å². The Bertz CT molecular complexity index is 949. The summed E-state index contributed by atoms with van der Waals surface area (Å²) < 4.78 is 45.5. The van der Waals surface area contributed by atoms with Crippen LogP contribution in [0.2, 0.25) is 0 Å². The average molecular weight is 393 g/mol. The second-order valence-electron chi connectivity index (χ2n) is 6.05. The molecule has 0 saturated heterocycles. The first kappa shape index (κ1) is 19.1. The van der Waals surface area contributed by atoms with Crippen LogP contribution in [-0.4, -0.2) is 34.2 Å². The quantitative estimate of drug-likeness (QED) is 0.785. The van der Waals surface area contributed by atoms with Gasteiger partial charge in [0, 0.05) is 26.1 Å². The summed E-state index contributed by atoms with van der Waals surface area (Å²) in [5.74, 6) is 0.726. The van der Waals surface area contributed by atoms with Crippen LogP contribution in [-0.2, 0) is 21.4 Å². The minimum atomic E-state index is -3.68. The van der Waals surface area contributed by atoms with Gasteiger partial charge in [0.05, 0.1) is 12.4 Å². The molecule has 0 aliphatic carbocycles. The molecule has 0 spiro atoms. The second kappa shape index (κ2) is 7.93. The molecular weight excluding hydrogens is 373 g/mol. The van der Waals surface area contributed by atoms with E-state index >= 15 is 0 Å². The van der Waals surface area contributed by atoms with Gasteiger partial charge in [-0.3, -0.25) is 4.79 Å². The molecule has 0 aromatic heterocycles. The van der Waals surface area contributed by atoms with E-state index in [1.807, 2.05) is 6.07 Å². The van der Waals surface area contributed by atoms with Crippen molar-refractivity contribution in [3.05, 3.63) is 48.0 Å². The lowest BCUT2D eigenvalue weighted by molar-refractivity contribution is -0.119. The predicted octanol–water partition coefficient (Wildman–Crippen LogP) is 2.14. The van der Waals surface area contributed by atoms with Crippen molar-refractivity contribution in [3.63, 3.8) is 0 Å². The lowest BCUT2D eigenvalue weighted by Gasteiger charge is -2.30. The minimum Gasteiger partial charge on any atom is -0.457 e. The fourth-order valence-corrected chi connectivity index (χ4v) is 3.97. The molecule has 0 fully saturated rings. The number of halogens is 1. The van der Waals surface area contributed by atoms with Gasteiger partial charge in [-0.2, -0.15) is 4.72 Å². The second-order valence-corrected chi connectivity index (χ2v) is 7.78. The van der Waals surface area contributed by atoms with Gasteiger partial charge in [0.15, 0.2) is 0 Å². The summed E-state index contributed by atoms with van der Waals surface area (Å²) in [7, 11) is -3.68. The van der Waals surface area contributed by atoms with Gasteiger partial charge in [0.25, 0.3) is 0 Å². The van der Waals surface area contributed by atoms with Crippen LogP contribution in [0.4, 0.5) is 10.1 Å². The van der Waals surface area contributed by atoms with Crippen LogP contribution < -0.4 is 19.7 Å². The van der Waals surface area contributed by atoms with Gasteiger partial charge < -0.3 is 15.0 Å². The Morgan fingerprint density at radius 3 is 2.78 bits per heavy atom. The highest BCUT2D eigenvalue weighted by Gasteiger charge is 2.28. The zero-order chi connectivity index (χ0) is 19.4. The smallest absolute Gasteiger partial charge is 0.244 e. The number of sulfonamides is 1. The van der Waals surface area contributed by atoms with Gasteiger partial charge in [0.1, 0.15) is 23.1 Å². The molecule has 1 amide bonds. The van der Waals surface area contributed by atoms with Crippen molar-refractivity contribution in [3.8, 4) is 11.5 Å². The first-order valence-corrected chi connectivity index (χ1v) is 9.83. The highest BCUT2D eigenvalue weighted by molar-refractivity contribution is 7.89. The molecule has 0 atom stereocenters. The fourth-order valence-electron chi connectivity index (χ4n) is 2.74. The predicted molar refractivity (Wildman–Crippen MR) is 99.0 cm³/mol. The molecule has 27 heavy (non-hydrogen) atoms. The molecule has 2 aromatic rings. The Balaban J connectivity index is 1.85. The van der Waals surface area contributed by atoms with E-state index in [-0.39, 0.29) is 24.0 Å². The molecule has 144 valence electrons. The molecule has 1 aliphatic rings. The topological polar surface area (TPSA) is 87.7 Å². The minimum absolute atomic E-state index is 0.0324. The number of nitrogens with one attached hydrogen (secondary N) is 2. The SMILES string of the molecule is CC(=O)NCc1cccc(Oc2ccc3c(c2)S(=O)(=O)NCN3CCF)c1. The number of benzene rings is 2. The number of hydrogen-bond acceptors (Lipinski definition) is 5. The van der Waals surface area contributed by atoms with E-state index in [0.717, 1.165) is 5.56 Å². The number of carbonyl (C=O) groups is 1. The van der Waals surface area contributed by atoms with E-state index in [4.69, 9.17) is 4.74 Å². The summed E-state index contributed by atoms with van der Waals surface area (Å²) >= 11 is 0. The number of anilines is 1. The molecule has 1 heterocycles. The maximum atomic E-state index is 12.7. The zero-order valence-corrected chi connectivity index (χ0v) is 15.6. The van der Waals surface area contributed by atoms with Crippen molar-refractivity contribution in [2.75, 3.05) is 24.8 Å². The number of rotatable bonds is 6. The first-order chi connectivity index (χ1) is 12.9. The van der Waals surface area contributed by atoms with Gasteiger partial charge >= 0.3 is 0 Å². The number of hydrogen-bond donors (Lipinski definition) is 2. The number of nitrogens with zero attached hydrogens (tertiary/aromatic N) is 1. The third-order valence-corrected chi connectivity index (χ3v) is 5.45. The Morgan fingerprint density at radius 1 is 1.26 bits per heavy atom. The Morgan fingerprint density at radius 2 is 2.04 bits per heavy atom. The van der Waals surface area contributed by atoms with Crippen LogP contribution in [0, 0.1) is 0 Å². The van der Waals surface area contributed by atoms with Crippen LogP contribution in [0.5, 0.6) is 11.5 Å². The number of amides is 1. The standard InChI is InChI=1S/C18H20FN3O4S/c1-13(23)20-11-14-3-2-4-15(9-14)26-16-5-6-17-18(10-16)27(24,25)21-12-22(17)8-7-19/h2-6,9-10,21H,7-8,11-12H2,1H3,(H,20,23). The van der Waals surface area contributed by atoms with Crippen molar-refractivity contribution in [2.24, 2.45) is 0 Å². The fraction of sp³-hybridized carbons (Fsp3) is 0.278. The monoisotopic (exact) mass is 393 g/mol. The van der Waals surface area contributed by atoms with E-state index in [0.29, 0.717) is 23.7 Å². The van der Waals surface area contributed by atoms with E-state index in [1.54, 1.807) is 35.2 Å². The van der Waals surface area contributed by atoms with Gasteiger partial charge in [-0.1, -0.05) is 12.1 Å². The molecule has 0 bridgehead atoms. The van der Waals surface area contributed by atoms with Crippen molar-refractivity contribution >= 4 is 21.6 Å². The van der Waals surface area contributed by atoms with Crippen LogP contribution in [0.15, 0.2) is 47.4 Å². The van der Waals surface area contributed by atoms with Crippen molar-refractivity contribution in [1.82, 2.24) is 10.0 Å². The van der Waals surface area contributed by atoms with Crippen LogP contribution in [0.25, 0.3) is 0 Å². The summed E-state index contributed by atoms with van der Waals surface area (Å²) in [6.45, 7) is 1.35. The summed E-state index contributed by atoms with van der Waals surface area (Å²) in [5.41, 5.74) is 1.29. The van der Waals surface area contributed by atoms with E-state index < -0.39 is 16.7 Å². The van der Waals surface area contributed by atoms with Crippen molar-refractivity contribution < 1.29 is 22.3 Å². The van der Waals surface area contributed by atoms with Crippen molar-refractivity contribution in [2.45, 2.75) is 18.4 Å². The third kappa shape index (κ3) is 4.55. The van der Waals surface area contributed by atoms with Gasteiger partial charge in [0.2, 0.25) is 15.9 Å². The molecule has 0 unspecified atom stereocenters. The average Bonchev–Trinajstić information content (AvgIpc) is 2.63. The maximum Gasteiger partial charge on any atom is 0.244 e. The highest BCUT2D eigenvalue weighted by Crippen LogP contribution is 2.33.